The van der Waals surface area contributed by atoms with Crippen molar-refractivity contribution in [1.82, 2.24) is 30.1 Å². The first-order chi connectivity index (χ1) is 17.7. The summed E-state index contributed by atoms with van der Waals surface area (Å²) in [5, 5.41) is 13.3. The maximum atomic E-state index is 13.3. The van der Waals surface area contributed by atoms with Crippen LogP contribution in [-0.2, 0) is 12.7 Å². The molecule has 2 N–H and O–H groups in total. The third-order valence-electron chi connectivity index (χ3n) is 6.68. The lowest BCUT2D eigenvalue weighted by Crippen LogP contribution is -2.44. The van der Waals surface area contributed by atoms with E-state index < -0.39 is 18.0 Å². The lowest BCUT2D eigenvalue weighted by atomic mass is 10.0. The van der Waals surface area contributed by atoms with E-state index in [1.807, 2.05) is 18.3 Å². The van der Waals surface area contributed by atoms with Gasteiger partial charge in [-0.15, -0.1) is 0 Å². The average Bonchev–Trinajstić information content (AvgIpc) is 3.31. The molecule has 0 radical (unpaired) electrons. The van der Waals surface area contributed by atoms with Crippen LogP contribution in [0.2, 0.25) is 0 Å². The molecule has 0 aliphatic carbocycles. The predicted octanol–water partition coefficient (Wildman–Crippen LogP) is 3.05. The number of aliphatic imine (C=N–C) groups is 1. The highest BCUT2D eigenvalue weighted by Crippen LogP contribution is 2.35. The van der Waals surface area contributed by atoms with Crippen LogP contribution in [0, 0.1) is 11.3 Å². The molecule has 0 spiro atoms. The minimum atomic E-state index is -4.53. The summed E-state index contributed by atoms with van der Waals surface area (Å²) in [4.78, 5) is 22.2. The number of anilines is 1. The van der Waals surface area contributed by atoms with E-state index >= 15 is 0 Å². The van der Waals surface area contributed by atoms with E-state index in [9.17, 15) is 18.4 Å². The van der Waals surface area contributed by atoms with Crippen LogP contribution in [0.15, 0.2) is 47.4 Å². The van der Waals surface area contributed by atoms with Gasteiger partial charge in [0.2, 0.25) is 0 Å². The number of fused-ring (bicyclic) bond motifs is 1. The minimum absolute atomic E-state index is 0.247. The van der Waals surface area contributed by atoms with E-state index in [1.165, 1.54) is 6.21 Å². The molecule has 1 saturated heterocycles. The van der Waals surface area contributed by atoms with Crippen LogP contribution in [0.5, 0.6) is 0 Å². The van der Waals surface area contributed by atoms with Gasteiger partial charge in [0.25, 0.3) is 0 Å². The molecule has 37 heavy (non-hydrogen) atoms. The summed E-state index contributed by atoms with van der Waals surface area (Å²) in [6.07, 6.45) is 0.573. The Morgan fingerprint density at radius 1 is 1.14 bits per heavy atom. The molecule has 9 nitrogen and oxygen atoms in total. The van der Waals surface area contributed by atoms with Gasteiger partial charge in [-0.25, -0.2) is 9.97 Å². The number of piperazine rings is 1. The molecule has 12 heteroatoms. The molecule has 1 unspecified atom stereocenters. The number of hydrogen-bond acceptors (Lipinski definition) is 8. The zero-order chi connectivity index (χ0) is 26.2. The highest BCUT2D eigenvalue weighted by Gasteiger charge is 2.32. The molecule has 0 amide bonds. The zero-order valence-corrected chi connectivity index (χ0v) is 20.4. The number of halogens is 3. The first kappa shape index (κ1) is 24.7. The standard InChI is InChI=1S/C25H26F3N9/c1-35-5-7-37(8-6-35)21-4-3-16(11-30-21)12-33-24-34-13-17(10-29)22(36(24)2)20-15-32-23-19(20)9-18(14-31-23)25(26,27)28/h3-4,9,11,13-15,24,33H,5-8,12H2,1-2H3,(H,31,32). The number of pyridine rings is 2. The van der Waals surface area contributed by atoms with Gasteiger partial charge in [-0.05, 0) is 24.7 Å². The summed E-state index contributed by atoms with van der Waals surface area (Å²) in [7, 11) is 3.86. The number of hydrogen-bond donors (Lipinski definition) is 2. The third kappa shape index (κ3) is 5.00. The summed E-state index contributed by atoms with van der Waals surface area (Å²) in [6.45, 7) is 4.34. The van der Waals surface area contributed by atoms with Crippen molar-refractivity contribution in [2.24, 2.45) is 4.99 Å². The third-order valence-corrected chi connectivity index (χ3v) is 6.68. The van der Waals surface area contributed by atoms with Gasteiger partial charge in [0, 0.05) is 75.5 Å². The Kier molecular flexibility index (Phi) is 6.57. The summed E-state index contributed by atoms with van der Waals surface area (Å²) in [5.74, 6) is 0.944. The molecule has 1 atom stereocenters. The maximum absolute atomic E-state index is 13.3. The van der Waals surface area contributed by atoms with E-state index in [2.05, 4.69) is 48.2 Å². The summed E-state index contributed by atoms with van der Waals surface area (Å²) >= 11 is 0. The lowest BCUT2D eigenvalue weighted by molar-refractivity contribution is -0.137. The summed E-state index contributed by atoms with van der Waals surface area (Å²) in [6, 6.07) is 7.17. The zero-order valence-electron chi connectivity index (χ0n) is 20.4. The molecule has 5 rings (SSSR count). The Labute approximate surface area is 211 Å². The molecule has 0 saturated carbocycles. The molecule has 192 valence electrons. The summed E-state index contributed by atoms with van der Waals surface area (Å²) in [5.41, 5.74) is 1.57. The van der Waals surface area contributed by atoms with Gasteiger partial charge in [-0.3, -0.25) is 10.3 Å². The predicted molar refractivity (Wildman–Crippen MR) is 134 cm³/mol. The molecule has 0 aromatic carbocycles. The number of nitrogens with zero attached hydrogens (tertiary/aromatic N) is 7. The largest absolute Gasteiger partial charge is 0.417 e. The monoisotopic (exact) mass is 509 g/mol. The Morgan fingerprint density at radius 3 is 2.59 bits per heavy atom. The molecule has 0 bridgehead atoms. The van der Waals surface area contributed by atoms with Crippen molar-refractivity contribution in [1.29, 1.82) is 5.26 Å². The van der Waals surface area contributed by atoms with E-state index in [0.29, 0.717) is 23.5 Å². The van der Waals surface area contributed by atoms with Crippen LogP contribution in [0.1, 0.15) is 16.7 Å². The quantitative estimate of drug-likeness (QED) is 0.546. The number of aromatic amines is 1. The first-order valence-electron chi connectivity index (χ1n) is 11.8. The van der Waals surface area contributed by atoms with E-state index in [0.717, 1.165) is 49.8 Å². The normalized spacial score (nSPS) is 19.1. The van der Waals surface area contributed by atoms with Crippen LogP contribution in [0.3, 0.4) is 0 Å². The molecule has 3 aromatic rings. The van der Waals surface area contributed by atoms with Crippen molar-refractivity contribution in [3.05, 3.63) is 59.1 Å². The number of aromatic nitrogens is 3. The van der Waals surface area contributed by atoms with Gasteiger partial charge in [-0.1, -0.05) is 6.07 Å². The Bertz CT molecular complexity index is 1380. The fourth-order valence-electron chi connectivity index (χ4n) is 4.53. The SMILES string of the molecule is CN1CCN(c2ccc(CNC3N=CC(C#N)=C(c4c[nH]c5ncc(C(F)(F)F)cc45)N3C)cn2)CC1. The molecule has 2 aliphatic rings. The molecule has 2 aliphatic heterocycles. The van der Waals surface area contributed by atoms with Gasteiger partial charge < -0.3 is 19.7 Å². The van der Waals surface area contributed by atoms with Gasteiger partial charge >= 0.3 is 6.18 Å². The second-order valence-corrected chi connectivity index (χ2v) is 9.15. The van der Waals surface area contributed by atoms with E-state index in [1.54, 1.807) is 18.1 Å². The Balaban J connectivity index is 1.33. The smallest absolute Gasteiger partial charge is 0.354 e. The fourth-order valence-corrected chi connectivity index (χ4v) is 4.53. The number of H-pyrrole nitrogens is 1. The van der Waals surface area contributed by atoms with E-state index in [-0.39, 0.29) is 11.0 Å². The van der Waals surface area contributed by atoms with Crippen LogP contribution in [0.25, 0.3) is 16.7 Å². The second kappa shape index (κ2) is 9.84. The lowest BCUT2D eigenvalue weighted by Gasteiger charge is -2.33. The second-order valence-electron chi connectivity index (χ2n) is 9.15. The summed E-state index contributed by atoms with van der Waals surface area (Å²) < 4.78 is 40.0. The van der Waals surface area contributed by atoms with Gasteiger partial charge in [0.05, 0.1) is 16.8 Å². The number of alkyl halides is 3. The topological polar surface area (TPSA) is 99.5 Å². The molecule has 1 fully saturated rings. The Hall–Kier alpha value is -3.95. The van der Waals surface area contributed by atoms with Crippen molar-refractivity contribution in [3.63, 3.8) is 0 Å². The molecular formula is C25H26F3N9. The van der Waals surface area contributed by atoms with Gasteiger partial charge in [-0.2, -0.15) is 18.4 Å². The van der Waals surface area contributed by atoms with Crippen molar-refractivity contribution in [2.45, 2.75) is 19.0 Å². The Morgan fingerprint density at radius 2 is 1.92 bits per heavy atom. The number of likely N-dealkylation sites (N-methyl/N-ethyl adjacent to an activating group) is 1. The minimum Gasteiger partial charge on any atom is -0.354 e. The van der Waals surface area contributed by atoms with Crippen LogP contribution >= 0.6 is 0 Å². The number of rotatable bonds is 5. The van der Waals surface area contributed by atoms with Crippen LogP contribution in [0.4, 0.5) is 19.0 Å². The van der Waals surface area contributed by atoms with Crippen molar-refractivity contribution < 1.29 is 13.2 Å². The first-order valence-corrected chi connectivity index (χ1v) is 11.8. The van der Waals surface area contributed by atoms with Gasteiger partial charge in [0.1, 0.15) is 17.5 Å². The van der Waals surface area contributed by atoms with Crippen LogP contribution in [-0.4, -0.2) is 77.5 Å². The fraction of sp³-hybridized carbons (Fsp3) is 0.360. The van der Waals surface area contributed by atoms with Crippen LogP contribution < -0.4 is 10.2 Å². The van der Waals surface area contributed by atoms with Gasteiger partial charge in [0.15, 0.2) is 6.29 Å². The van der Waals surface area contributed by atoms with Crippen molar-refractivity contribution in [3.8, 4) is 6.07 Å². The highest BCUT2D eigenvalue weighted by molar-refractivity contribution is 6.01. The van der Waals surface area contributed by atoms with Crippen molar-refractivity contribution >= 4 is 28.8 Å². The molecule has 3 aromatic heterocycles. The number of allylic oxidation sites excluding steroid dienone is 1. The average molecular weight is 510 g/mol. The number of nitriles is 1. The van der Waals surface area contributed by atoms with Crippen molar-refractivity contribution in [2.75, 3.05) is 45.2 Å². The molecular weight excluding hydrogens is 483 g/mol. The maximum Gasteiger partial charge on any atom is 0.417 e. The molecule has 5 heterocycles. The number of nitrogens with one attached hydrogen (secondary N) is 2. The van der Waals surface area contributed by atoms with E-state index in [4.69, 9.17) is 0 Å². The highest BCUT2D eigenvalue weighted by atomic mass is 19.4.